The number of sulfonamides is 1. The zero-order valence-corrected chi connectivity index (χ0v) is 10.3. The summed E-state index contributed by atoms with van der Waals surface area (Å²) >= 11 is 0. The molecule has 0 unspecified atom stereocenters. The highest BCUT2D eigenvalue weighted by Crippen LogP contribution is 2.13. The molecule has 8 heteroatoms. The molecule has 0 atom stereocenters. The van der Waals surface area contributed by atoms with E-state index in [1.807, 2.05) is 0 Å². The molecule has 0 radical (unpaired) electrons. The third kappa shape index (κ3) is 4.30. The van der Waals surface area contributed by atoms with E-state index < -0.39 is 21.7 Å². The van der Waals surface area contributed by atoms with Crippen molar-refractivity contribution >= 4 is 10.0 Å². The normalized spacial score (nSPS) is 11.7. The van der Waals surface area contributed by atoms with Crippen molar-refractivity contribution in [3.05, 3.63) is 29.8 Å². The van der Waals surface area contributed by atoms with Crippen LogP contribution in [0, 0.1) is 11.6 Å². The lowest BCUT2D eigenvalue weighted by Crippen LogP contribution is -2.28. The van der Waals surface area contributed by atoms with Crippen LogP contribution in [0.15, 0.2) is 23.1 Å². The maximum atomic E-state index is 12.9. The maximum Gasteiger partial charge on any atom is 0.240 e. The Labute approximate surface area is 104 Å². The van der Waals surface area contributed by atoms with Gasteiger partial charge in [-0.3, -0.25) is 0 Å². The van der Waals surface area contributed by atoms with Crippen molar-refractivity contribution in [2.75, 3.05) is 26.3 Å². The molecular weight excluding hydrogens is 266 g/mol. The highest BCUT2D eigenvalue weighted by molar-refractivity contribution is 7.89. The van der Waals surface area contributed by atoms with Crippen LogP contribution >= 0.6 is 0 Å². The number of halogens is 2. The van der Waals surface area contributed by atoms with Crippen LogP contribution in [-0.2, 0) is 14.8 Å². The van der Waals surface area contributed by atoms with Crippen molar-refractivity contribution in [2.24, 2.45) is 5.73 Å². The standard InChI is InChI=1S/C10H14F2N2O3S/c11-9-2-1-8(7-10(9)12)18(15,16)14-4-6-17-5-3-13/h1-2,7,14H,3-6,13H2. The maximum absolute atomic E-state index is 12.9. The zero-order chi connectivity index (χ0) is 13.6. The Morgan fingerprint density at radius 3 is 2.56 bits per heavy atom. The van der Waals surface area contributed by atoms with E-state index in [0.717, 1.165) is 12.1 Å². The second-order valence-electron chi connectivity index (χ2n) is 3.37. The number of hydrogen-bond donors (Lipinski definition) is 2. The molecular formula is C10H14F2N2O3S. The van der Waals surface area contributed by atoms with Crippen molar-refractivity contribution < 1.29 is 21.9 Å². The summed E-state index contributed by atoms with van der Waals surface area (Å²) in [6.07, 6.45) is 0. The van der Waals surface area contributed by atoms with Crippen molar-refractivity contribution in [1.82, 2.24) is 4.72 Å². The largest absolute Gasteiger partial charge is 0.379 e. The van der Waals surface area contributed by atoms with Gasteiger partial charge in [0.2, 0.25) is 10.0 Å². The minimum Gasteiger partial charge on any atom is -0.379 e. The van der Waals surface area contributed by atoms with Gasteiger partial charge in [-0.15, -0.1) is 0 Å². The molecule has 1 aromatic rings. The lowest BCUT2D eigenvalue weighted by atomic mass is 10.3. The molecule has 0 aliphatic heterocycles. The fourth-order valence-electron chi connectivity index (χ4n) is 1.16. The third-order valence-corrected chi connectivity index (χ3v) is 3.46. The van der Waals surface area contributed by atoms with E-state index in [-0.39, 0.29) is 18.0 Å². The highest BCUT2D eigenvalue weighted by Gasteiger charge is 2.15. The van der Waals surface area contributed by atoms with Crippen molar-refractivity contribution in [3.8, 4) is 0 Å². The van der Waals surface area contributed by atoms with Crippen LogP contribution in [0.4, 0.5) is 8.78 Å². The van der Waals surface area contributed by atoms with E-state index in [9.17, 15) is 17.2 Å². The smallest absolute Gasteiger partial charge is 0.240 e. The van der Waals surface area contributed by atoms with Gasteiger partial charge < -0.3 is 10.5 Å². The Morgan fingerprint density at radius 2 is 1.94 bits per heavy atom. The van der Waals surface area contributed by atoms with Crippen LogP contribution in [0.5, 0.6) is 0 Å². The van der Waals surface area contributed by atoms with Gasteiger partial charge in [0.1, 0.15) is 0 Å². The first-order chi connectivity index (χ1) is 8.47. The Morgan fingerprint density at radius 1 is 1.22 bits per heavy atom. The van der Waals surface area contributed by atoms with Crippen molar-refractivity contribution in [2.45, 2.75) is 4.90 Å². The van der Waals surface area contributed by atoms with Crippen LogP contribution in [-0.4, -0.2) is 34.7 Å². The Kier molecular flexibility index (Phi) is 5.60. The number of hydrogen-bond acceptors (Lipinski definition) is 4. The highest BCUT2D eigenvalue weighted by atomic mass is 32.2. The predicted octanol–water partition coefficient (Wildman–Crippen LogP) is 0.218. The molecule has 1 rings (SSSR count). The van der Waals surface area contributed by atoms with Gasteiger partial charge in [-0.2, -0.15) is 0 Å². The average molecular weight is 280 g/mol. The summed E-state index contributed by atoms with van der Waals surface area (Å²) in [6, 6.07) is 2.37. The Bertz CT molecular complexity index is 494. The first-order valence-electron chi connectivity index (χ1n) is 5.20. The molecule has 0 heterocycles. The van der Waals surface area contributed by atoms with Crippen molar-refractivity contribution in [3.63, 3.8) is 0 Å². The van der Waals surface area contributed by atoms with Gasteiger partial charge in [0.15, 0.2) is 11.6 Å². The summed E-state index contributed by atoms with van der Waals surface area (Å²) in [5.74, 6) is -2.31. The lowest BCUT2D eigenvalue weighted by Gasteiger charge is -2.07. The molecule has 0 amide bonds. The molecule has 5 nitrogen and oxygen atoms in total. The molecule has 0 fully saturated rings. The van der Waals surface area contributed by atoms with Crippen LogP contribution in [0.1, 0.15) is 0 Å². The molecule has 102 valence electrons. The first kappa shape index (κ1) is 15.0. The van der Waals surface area contributed by atoms with Gasteiger partial charge in [0, 0.05) is 13.1 Å². The fourth-order valence-corrected chi connectivity index (χ4v) is 2.19. The van der Waals surface area contributed by atoms with Gasteiger partial charge in [-0.1, -0.05) is 0 Å². The van der Waals surface area contributed by atoms with E-state index in [1.54, 1.807) is 0 Å². The Balaban J connectivity index is 2.60. The fraction of sp³-hybridized carbons (Fsp3) is 0.400. The molecule has 0 bridgehead atoms. The summed E-state index contributed by atoms with van der Waals surface area (Å²) in [5, 5.41) is 0. The lowest BCUT2D eigenvalue weighted by molar-refractivity contribution is 0.147. The van der Waals surface area contributed by atoms with Crippen LogP contribution in [0.2, 0.25) is 0 Å². The molecule has 0 saturated carbocycles. The van der Waals surface area contributed by atoms with Gasteiger partial charge >= 0.3 is 0 Å². The van der Waals surface area contributed by atoms with Gasteiger partial charge in [-0.05, 0) is 18.2 Å². The van der Waals surface area contributed by atoms with Gasteiger partial charge in [0.25, 0.3) is 0 Å². The minimum absolute atomic E-state index is 0.0291. The van der Waals surface area contributed by atoms with E-state index in [1.165, 1.54) is 0 Å². The quantitative estimate of drug-likeness (QED) is 0.700. The Hall–Kier alpha value is -1.09. The molecule has 0 saturated heterocycles. The van der Waals surface area contributed by atoms with Crippen LogP contribution in [0.3, 0.4) is 0 Å². The van der Waals surface area contributed by atoms with E-state index in [4.69, 9.17) is 10.5 Å². The first-order valence-corrected chi connectivity index (χ1v) is 6.68. The minimum atomic E-state index is -3.85. The number of ether oxygens (including phenoxy) is 1. The zero-order valence-electron chi connectivity index (χ0n) is 9.53. The van der Waals surface area contributed by atoms with Gasteiger partial charge in [0.05, 0.1) is 18.1 Å². The third-order valence-electron chi connectivity index (χ3n) is 2.00. The number of nitrogens with two attached hydrogens (primary N) is 1. The molecule has 18 heavy (non-hydrogen) atoms. The summed E-state index contributed by atoms with van der Waals surface area (Å²) in [6.45, 7) is 0.851. The second kappa shape index (κ2) is 6.74. The van der Waals surface area contributed by atoms with E-state index in [2.05, 4.69) is 4.72 Å². The van der Waals surface area contributed by atoms with Crippen molar-refractivity contribution in [1.29, 1.82) is 0 Å². The summed E-state index contributed by atoms with van der Waals surface area (Å²) in [7, 11) is -3.85. The van der Waals surface area contributed by atoms with E-state index >= 15 is 0 Å². The molecule has 0 aliphatic carbocycles. The average Bonchev–Trinajstić information content (AvgIpc) is 2.32. The summed E-state index contributed by atoms with van der Waals surface area (Å²) < 4.78 is 56.0. The predicted molar refractivity (Wildman–Crippen MR) is 61.4 cm³/mol. The molecule has 0 aliphatic rings. The topological polar surface area (TPSA) is 81.4 Å². The monoisotopic (exact) mass is 280 g/mol. The van der Waals surface area contributed by atoms with E-state index in [0.29, 0.717) is 19.2 Å². The molecule has 1 aromatic carbocycles. The summed E-state index contributed by atoms with van der Waals surface area (Å²) in [4.78, 5) is -0.333. The number of rotatable bonds is 7. The molecule has 0 spiro atoms. The van der Waals surface area contributed by atoms with Crippen LogP contribution < -0.4 is 10.5 Å². The van der Waals surface area contributed by atoms with Gasteiger partial charge in [-0.25, -0.2) is 21.9 Å². The SMILES string of the molecule is NCCOCCNS(=O)(=O)c1ccc(F)c(F)c1. The number of benzene rings is 1. The van der Waals surface area contributed by atoms with Crippen LogP contribution in [0.25, 0.3) is 0 Å². The molecule has 0 aromatic heterocycles. The summed E-state index contributed by atoms with van der Waals surface area (Å²) in [5.41, 5.74) is 5.18. The second-order valence-corrected chi connectivity index (χ2v) is 5.14. The number of nitrogens with one attached hydrogen (secondary N) is 1. The molecule has 3 N–H and O–H groups in total.